The maximum absolute atomic E-state index is 12.5. The van der Waals surface area contributed by atoms with Gasteiger partial charge in [0.2, 0.25) is 0 Å². The summed E-state index contributed by atoms with van der Waals surface area (Å²) in [7, 11) is 0. The van der Waals surface area contributed by atoms with E-state index in [1.165, 1.54) is 0 Å². The summed E-state index contributed by atoms with van der Waals surface area (Å²) in [5, 5.41) is 2.89. The Labute approximate surface area is 141 Å². The van der Waals surface area contributed by atoms with Crippen LogP contribution in [0.1, 0.15) is 26.3 Å². The number of morpholine rings is 1. The number of carbonyl (C=O) groups is 2. The summed E-state index contributed by atoms with van der Waals surface area (Å²) in [5.74, 6) is -0.287. The van der Waals surface area contributed by atoms with Crippen LogP contribution >= 0.6 is 0 Å². The summed E-state index contributed by atoms with van der Waals surface area (Å²) in [6.07, 6.45) is 0. The highest BCUT2D eigenvalue weighted by Crippen LogP contribution is 2.16. The van der Waals surface area contributed by atoms with Gasteiger partial charge in [-0.2, -0.15) is 0 Å². The van der Waals surface area contributed by atoms with E-state index < -0.39 is 0 Å². The molecule has 24 heavy (non-hydrogen) atoms. The number of rotatable bonds is 3. The Balaban J connectivity index is 1.76. The van der Waals surface area contributed by atoms with E-state index in [-0.39, 0.29) is 11.8 Å². The minimum atomic E-state index is -0.221. The predicted octanol–water partition coefficient (Wildman–Crippen LogP) is 2.72. The molecule has 1 saturated heterocycles. The van der Waals surface area contributed by atoms with Crippen LogP contribution < -0.4 is 5.32 Å². The molecule has 5 nitrogen and oxygen atoms in total. The summed E-state index contributed by atoms with van der Waals surface area (Å²) in [6.45, 7) is 4.21. The van der Waals surface area contributed by atoms with Crippen molar-refractivity contribution in [1.29, 1.82) is 0 Å². The van der Waals surface area contributed by atoms with Crippen molar-refractivity contribution in [3.63, 3.8) is 0 Å². The quantitative estimate of drug-likeness (QED) is 0.944. The molecule has 1 fully saturated rings. The van der Waals surface area contributed by atoms with Crippen LogP contribution in [-0.4, -0.2) is 43.0 Å². The van der Waals surface area contributed by atoms with Gasteiger partial charge in [-0.3, -0.25) is 9.59 Å². The second-order valence-corrected chi connectivity index (χ2v) is 5.75. The second kappa shape index (κ2) is 7.27. The first kappa shape index (κ1) is 16.2. The van der Waals surface area contributed by atoms with Crippen LogP contribution in [0.2, 0.25) is 0 Å². The molecule has 3 rings (SSSR count). The molecular weight excluding hydrogens is 304 g/mol. The normalized spacial score (nSPS) is 14.3. The van der Waals surface area contributed by atoms with E-state index in [1.807, 2.05) is 31.2 Å². The number of hydrogen-bond donors (Lipinski definition) is 1. The third kappa shape index (κ3) is 3.63. The Morgan fingerprint density at radius 1 is 1.00 bits per heavy atom. The van der Waals surface area contributed by atoms with Crippen LogP contribution in [0.25, 0.3) is 0 Å². The first-order chi connectivity index (χ1) is 11.6. The third-order valence-corrected chi connectivity index (χ3v) is 4.06. The average Bonchev–Trinajstić information content (AvgIpc) is 2.64. The molecule has 1 N–H and O–H groups in total. The van der Waals surface area contributed by atoms with Gasteiger partial charge in [0.25, 0.3) is 11.8 Å². The van der Waals surface area contributed by atoms with Gasteiger partial charge < -0.3 is 15.0 Å². The van der Waals surface area contributed by atoms with Crippen molar-refractivity contribution in [3.8, 4) is 0 Å². The molecule has 124 valence electrons. The SMILES string of the molecule is Cc1ccccc1NC(=O)c1cccc(C(=O)N2CCOCC2)c1. The number of benzene rings is 2. The zero-order valence-corrected chi connectivity index (χ0v) is 13.6. The number of para-hydroxylation sites is 1. The van der Waals surface area contributed by atoms with E-state index in [0.29, 0.717) is 37.4 Å². The lowest BCUT2D eigenvalue weighted by Crippen LogP contribution is -2.40. The molecule has 0 bridgehead atoms. The molecule has 1 aliphatic rings. The number of anilines is 1. The van der Waals surface area contributed by atoms with E-state index >= 15 is 0 Å². The van der Waals surface area contributed by atoms with Crippen molar-refractivity contribution >= 4 is 17.5 Å². The largest absolute Gasteiger partial charge is 0.378 e. The summed E-state index contributed by atoms with van der Waals surface area (Å²) in [4.78, 5) is 26.7. The fraction of sp³-hybridized carbons (Fsp3) is 0.263. The first-order valence-electron chi connectivity index (χ1n) is 7.99. The molecule has 0 atom stereocenters. The van der Waals surface area contributed by atoms with Crippen molar-refractivity contribution in [2.24, 2.45) is 0 Å². The lowest BCUT2D eigenvalue weighted by atomic mass is 10.1. The summed E-state index contributed by atoms with van der Waals surface area (Å²) in [5.41, 5.74) is 2.76. The third-order valence-electron chi connectivity index (χ3n) is 4.06. The molecule has 0 saturated carbocycles. The van der Waals surface area contributed by atoms with E-state index in [2.05, 4.69) is 5.32 Å². The minimum Gasteiger partial charge on any atom is -0.378 e. The Morgan fingerprint density at radius 2 is 1.71 bits per heavy atom. The Kier molecular flexibility index (Phi) is 4.91. The predicted molar refractivity (Wildman–Crippen MR) is 92.3 cm³/mol. The van der Waals surface area contributed by atoms with Crippen molar-refractivity contribution in [2.75, 3.05) is 31.6 Å². The topological polar surface area (TPSA) is 58.6 Å². The summed E-state index contributed by atoms with van der Waals surface area (Å²) < 4.78 is 5.27. The van der Waals surface area contributed by atoms with Crippen molar-refractivity contribution in [1.82, 2.24) is 4.90 Å². The van der Waals surface area contributed by atoms with Gasteiger partial charge in [0.05, 0.1) is 13.2 Å². The highest BCUT2D eigenvalue weighted by Gasteiger charge is 2.19. The van der Waals surface area contributed by atoms with Gasteiger partial charge in [-0.15, -0.1) is 0 Å². The zero-order valence-electron chi connectivity index (χ0n) is 13.6. The van der Waals surface area contributed by atoms with Gasteiger partial charge in [-0.1, -0.05) is 24.3 Å². The summed E-state index contributed by atoms with van der Waals surface area (Å²) in [6, 6.07) is 14.4. The molecule has 5 heteroatoms. The van der Waals surface area contributed by atoms with Gasteiger partial charge in [0.15, 0.2) is 0 Å². The molecule has 2 amide bonds. The van der Waals surface area contributed by atoms with Crippen LogP contribution in [0.5, 0.6) is 0 Å². The maximum Gasteiger partial charge on any atom is 0.255 e. The average molecular weight is 324 g/mol. The first-order valence-corrected chi connectivity index (χ1v) is 7.99. The van der Waals surface area contributed by atoms with Crippen LogP contribution in [-0.2, 0) is 4.74 Å². The number of aryl methyl sites for hydroxylation is 1. The number of ether oxygens (including phenoxy) is 1. The highest BCUT2D eigenvalue weighted by atomic mass is 16.5. The number of nitrogens with zero attached hydrogens (tertiary/aromatic N) is 1. The monoisotopic (exact) mass is 324 g/mol. The lowest BCUT2D eigenvalue weighted by Gasteiger charge is -2.27. The maximum atomic E-state index is 12.5. The lowest BCUT2D eigenvalue weighted by molar-refractivity contribution is 0.0303. The van der Waals surface area contributed by atoms with E-state index in [9.17, 15) is 9.59 Å². The van der Waals surface area contributed by atoms with Crippen LogP contribution in [0.15, 0.2) is 48.5 Å². The molecule has 0 radical (unpaired) electrons. The Morgan fingerprint density at radius 3 is 2.46 bits per heavy atom. The van der Waals surface area contributed by atoms with Gasteiger partial charge in [0.1, 0.15) is 0 Å². The van der Waals surface area contributed by atoms with Crippen LogP contribution in [0.4, 0.5) is 5.69 Å². The molecule has 0 aliphatic carbocycles. The number of hydrogen-bond acceptors (Lipinski definition) is 3. The molecule has 0 spiro atoms. The Bertz CT molecular complexity index is 752. The van der Waals surface area contributed by atoms with E-state index in [0.717, 1.165) is 11.3 Å². The zero-order chi connectivity index (χ0) is 16.9. The van der Waals surface area contributed by atoms with Crippen LogP contribution in [0.3, 0.4) is 0 Å². The fourth-order valence-electron chi connectivity index (χ4n) is 2.65. The van der Waals surface area contributed by atoms with Crippen molar-refractivity contribution in [2.45, 2.75) is 6.92 Å². The second-order valence-electron chi connectivity index (χ2n) is 5.75. The van der Waals surface area contributed by atoms with E-state index in [1.54, 1.807) is 29.2 Å². The molecular formula is C19H20N2O3. The molecule has 0 unspecified atom stereocenters. The molecule has 1 heterocycles. The molecule has 0 aromatic heterocycles. The number of amides is 2. The molecule has 2 aromatic carbocycles. The highest BCUT2D eigenvalue weighted by molar-refractivity contribution is 6.06. The van der Waals surface area contributed by atoms with Gasteiger partial charge in [-0.25, -0.2) is 0 Å². The molecule has 1 aliphatic heterocycles. The molecule has 2 aromatic rings. The van der Waals surface area contributed by atoms with Crippen LogP contribution in [0, 0.1) is 6.92 Å². The van der Waals surface area contributed by atoms with Gasteiger partial charge in [0, 0.05) is 29.9 Å². The summed E-state index contributed by atoms with van der Waals surface area (Å²) >= 11 is 0. The smallest absolute Gasteiger partial charge is 0.255 e. The van der Waals surface area contributed by atoms with Gasteiger partial charge in [-0.05, 0) is 36.8 Å². The van der Waals surface area contributed by atoms with Crippen molar-refractivity contribution < 1.29 is 14.3 Å². The van der Waals surface area contributed by atoms with Gasteiger partial charge >= 0.3 is 0 Å². The standard InChI is InChI=1S/C19H20N2O3/c1-14-5-2-3-8-17(14)20-18(22)15-6-4-7-16(13-15)19(23)21-9-11-24-12-10-21/h2-8,13H,9-12H2,1H3,(H,20,22). The minimum absolute atomic E-state index is 0.0659. The Hall–Kier alpha value is -2.66. The number of carbonyl (C=O) groups excluding carboxylic acids is 2. The van der Waals surface area contributed by atoms with Crippen molar-refractivity contribution in [3.05, 3.63) is 65.2 Å². The fourth-order valence-corrected chi connectivity index (χ4v) is 2.65. The van der Waals surface area contributed by atoms with E-state index in [4.69, 9.17) is 4.74 Å². The number of nitrogens with one attached hydrogen (secondary N) is 1.